The molecule has 2 aromatic rings. The lowest BCUT2D eigenvalue weighted by Crippen LogP contribution is -2.22. The van der Waals surface area contributed by atoms with Crippen molar-refractivity contribution in [2.45, 2.75) is 25.7 Å². The molecule has 0 fully saturated rings. The van der Waals surface area contributed by atoms with E-state index in [-0.39, 0.29) is 6.42 Å². The fourth-order valence-corrected chi connectivity index (χ4v) is 2.59. The summed E-state index contributed by atoms with van der Waals surface area (Å²) in [7, 11) is 1.62. The van der Waals surface area contributed by atoms with Crippen LogP contribution in [0.25, 0.3) is 10.8 Å². The van der Waals surface area contributed by atoms with Crippen molar-refractivity contribution >= 4 is 16.7 Å². The first kappa shape index (κ1) is 13.4. The van der Waals surface area contributed by atoms with Gasteiger partial charge in [0.1, 0.15) is 5.75 Å². The molecule has 2 aromatic carbocycles. The number of benzene rings is 2. The Bertz CT molecular complexity index is 614. The molecule has 0 spiro atoms. The van der Waals surface area contributed by atoms with Crippen molar-refractivity contribution in [2.75, 3.05) is 7.11 Å². The number of aliphatic carboxylic acids is 1. The Hall–Kier alpha value is -2.03. The molecule has 0 saturated carbocycles. The molecule has 100 valence electrons. The highest BCUT2D eigenvalue weighted by molar-refractivity contribution is 5.89. The fraction of sp³-hybridized carbons (Fsp3) is 0.312. The molecule has 19 heavy (non-hydrogen) atoms. The van der Waals surface area contributed by atoms with Crippen LogP contribution in [0.2, 0.25) is 0 Å². The SMILES string of the molecule is COc1ccc2ccccc2c1C(C)(C)CC(=O)O. The van der Waals surface area contributed by atoms with Gasteiger partial charge < -0.3 is 9.84 Å². The Morgan fingerprint density at radius 1 is 1.21 bits per heavy atom. The molecule has 0 atom stereocenters. The van der Waals surface area contributed by atoms with Gasteiger partial charge in [0, 0.05) is 11.0 Å². The van der Waals surface area contributed by atoms with Crippen molar-refractivity contribution in [3.63, 3.8) is 0 Å². The highest BCUT2D eigenvalue weighted by atomic mass is 16.5. The first-order valence-electron chi connectivity index (χ1n) is 6.24. The van der Waals surface area contributed by atoms with Crippen LogP contribution >= 0.6 is 0 Å². The van der Waals surface area contributed by atoms with Gasteiger partial charge in [0.05, 0.1) is 13.5 Å². The number of hydrogen-bond acceptors (Lipinski definition) is 2. The number of rotatable bonds is 4. The number of methoxy groups -OCH3 is 1. The van der Waals surface area contributed by atoms with Gasteiger partial charge in [-0.15, -0.1) is 0 Å². The largest absolute Gasteiger partial charge is 0.496 e. The molecule has 3 heteroatoms. The van der Waals surface area contributed by atoms with Crippen LogP contribution in [-0.4, -0.2) is 18.2 Å². The average molecular weight is 258 g/mol. The summed E-state index contributed by atoms with van der Waals surface area (Å²) in [6.07, 6.45) is 0.0668. The van der Waals surface area contributed by atoms with E-state index >= 15 is 0 Å². The molecule has 0 unspecified atom stereocenters. The molecule has 0 amide bonds. The van der Waals surface area contributed by atoms with Gasteiger partial charge in [-0.3, -0.25) is 4.79 Å². The van der Waals surface area contributed by atoms with Crippen LogP contribution in [0.3, 0.4) is 0 Å². The Morgan fingerprint density at radius 2 is 1.89 bits per heavy atom. The first-order valence-corrected chi connectivity index (χ1v) is 6.24. The number of carboxylic acid groups (broad SMARTS) is 1. The summed E-state index contributed by atoms with van der Waals surface area (Å²) < 4.78 is 5.43. The van der Waals surface area contributed by atoms with Crippen molar-refractivity contribution in [3.8, 4) is 5.75 Å². The summed E-state index contributed by atoms with van der Waals surface area (Å²) in [6, 6.07) is 11.9. The summed E-state index contributed by atoms with van der Waals surface area (Å²) in [5.41, 5.74) is 0.466. The van der Waals surface area contributed by atoms with Gasteiger partial charge in [-0.2, -0.15) is 0 Å². The maximum absolute atomic E-state index is 11.1. The van der Waals surface area contributed by atoms with E-state index in [4.69, 9.17) is 9.84 Å². The quantitative estimate of drug-likeness (QED) is 0.911. The maximum Gasteiger partial charge on any atom is 0.304 e. The summed E-state index contributed by atoms with van der Waals surface area (Å²) in [5, 5.41) is 11.2. The number of carboxylic acids is 1. The van der Waals surface area contributed by atoms with E-state index in [1.807, 2.05) is 50.2 Å². The van der Waals surface area contributed by atoms with Crippen LogP contribution in [-0.2, 0) is 10.2 Å². The van der Waals surface area contributed by atoms with E-state index < -0.39 is 11.4 Å². The normalized spacial score (nSPS) is 11.5. The van der Waals surface area contributed by atoms with Gasteiger partial charge in [0.2, 0.25) is 0 Å². The third kappa shape index (κ3) is 2.55. The van der Waals surface area contributed by atoms with Crippen molar-refractivity contribution in [3.05, 3.63) is 42.0 Å². The van der Waals surface area contributed by atoms with Crippen molar-refractivity contribution in [1.82, 2.24) is 0 Å². The molecule has 1 N–H and O–H groups in total. The van der Waals surface area contributed by atoms with Crippen molar-refractivity contribution in [2.24, 2.45) is 0 Å². The van der Waals surface area contributed by atoms with E-state index in [0.29, 0.717) is 0 Å². The smallest absolute Gasteiger partial charge is 0.304 e. The van der Waals surface area contributed by atoms with Crippen LogP contribution in [0, 0.1) is 0 Å². The molecular formula is C16H18O3. The Morgan fingerprint density at radius 3 is 2.53 bits per heavy atom. The number of carbonyl (C=O) groups is 1. The van der Waals surface area contributed by atoms with E-state index in [1.165, 1.54) is 0 Å². The van der Waals surface area contributed by atoms with Crippen LogP contribution in [0.4, 0.5) is 0 Å². The zero-order valence-corrected chi connectivity index (χ0v) is 11.4. The van der Waals surface area contributed by atoms with E-state index in [2.05, 4.69) is 0 Å². The minimum Gasteiger partial charge on any atom is -0.496 e. The van der Waals surface area contributed by atoms with Gasteiger partial charge in [0.25, 0.3) is 0 Å². The molecule has 0 bridgehead atoms. The zero-order chi connectivity index (χ0) is 14.0. The van der Waals surface area contributed by atoms with E-state index in [9.17, 15) is 4.79 Å². The lowest BCUT2D eigenvalue weighted by atomic mass is 9.78. The summed E-state index contributed by atoms with van der Waals surface area (Å²) in [6.45, 7) is 3.87. The molecule has 0 saturated heterocycles. The van der Waals surface area contributed by atoms with Gasteiger partial charge >= 0.3 is 5.97 Å². The minimum atomic E-state index is -0.806. The van der Waals surface area contributed by atoms with E-state index in [0.717, 1.165) is 22.1 Å². The fourth-order valence-electron chi connectivity index (χ4n) is 2.59. The van der Waals surface area contributed by atoms with Crippen molar-refractivity contribution < 1.29 is 14.6 Å². The lowest BCUT2D eigenvalue weighted by molar-refractivity contribution is -0.138. The minimum absolute atomic E-state index is 0.0668. The summed E-state index contributed by atoms with van der Waals surface area (Å²) in [5.74, 6) is -0.0649. The molecule has 0 aliphatic carbocycles. The second kappa shape index (κ2) is 4.92. The van der Waals surface area contributed by atoms with Gasteiger partial charge in [-0.1, -0.05) is 44.2 Å². The highest BCUT2D eigenvalue weighted by Gasteiger charge is 2.29. The topological polar surface area (TPSA) is 46.5 Å². The predicted octanol–water partition coefficient (Wildman–Crippen LogP) is 3.60. The molecule has 0 aromatic heterocycles. The third-order valence-electron chi connectivity index (χ3n) is 3.38. The summed E-state index contributed by atoms with van der Waals surface area (Å²) in [4.78, 5) is 11.1. The number of fused-ring (bicyclic) bond motifs is 1. The predicted molar refractivity (Wildman–Crippen MR) is 75.8 cm³/mol. The van der Waals surface area contributed by atoms with Crippen LogP contribution in [0.5, 0.6) is 5.75 Å². The van der Waals surface area contributed by atoms with E-state index in [1.54, 1.807) is 7.11 Å². The Labute approximate surface area is 112 Å². The van der Waals surface area contributed by atoms with Gasteiger partial charge in [0.15, 0.2) is 0 Å². The average Bonchev–Trinajstić information content (AvgIpc) is 2.35. The lowest BCUT2D eigenvalue weighted by Gasteiger charge is -2.27. The number of hydrogen-bond donors (Lipinski definition) is 1. The molecule has 0 radical (unpaired) electrons. The van der Waals surface area contributed by atoms with Crippen LogP contribution < -0.4 is 4.74 Å². The van der Waals surface area contributed by atoms with Gasteiger partial charge in [-0.05, 0) is 16.8 Å². The maximum atomic E-state index is 11.1. The monoisotopic (exact) mass is 258 g/mol. The van der Waals surface area contributed by atoms with Crippen LogP contribution in [0.15, 0.2) is 36.4 Å². The van der Waals surface area contributed by atoms with Crippen LogP contribution in [0.1, 0.15) is 25.8 Å². The Balaban J connectivity index is 2.71. The number of ether oxygens (including phenoxy) is 1. The zero-order valence-electron chi connectivity index (χ0n) is 11.4. The molecule has 0 heterocycles. The molecular weight excluding hydrogens is 240 g/mol. The third-order valence-corrected chi connectivity index (χ3v) is 3.38. The van der Waals surface area contributed by atoms with Gasteiger partial charge in [-0.25, -0.2) is 0 Å². The highest BCUT2D eigenvalue weighted by Crippen LogP contribution is 2.39. The molecule has 2 rings (SSSR count). The first-order chi connectivity index (χ1) is 8.95. The molecule has 3 nitrogen and oxygen atoms in total. The second-order valence-electron chi connectivity index (χ2n) is 5.32. The standard InChI is InChI=1S/C16H18O3/c1-16(2,10-14(17)18)15-12-7-5-4-6-11(12)8-9-13(15)19-3/h4-9H,10H2,1-3H3,(H,17,18). The summed E-state index contributed by atoms with van der Waals surface area (Å²) >= 11 is 0. The molecule has 0 aliphatic heterocycles. The molecule has 0 aliphatic rings. The van der Waals surface area contributed by atoms with Crippen molar-refractivity contribution in [1.29, 1.82) is 0 Å². The second-order valence-corrected chi connectivity index (χ2v) is 5.32. The Kier molecular flexibility index (Phi) is 3.47.